The van der Waals surface area contributed by atoms with Gasteiger partial charge in [0.15, 0.2) is 0 Å². The topological polar surface area (TPSA) is 83.8 Å². The maximum Gasteiger partial charge on any atom is 0.336 e. The second-order valence-electron chi connectivity index (χ2n) is 8.23. The summed E-state index contributed by atoms with van der Waals surface area (Å²) in [5.74, 6) is -1.42. The quantitative estimate of drug-likeness (QED) is 0.356. The van der Waals surface area contributed by atoms with Gasteiger partial charge in [0.05, 0.1) is 0 Å². The van der Waals surface area contributed by atoms with Crippen LogP contribution in [0.3, 0.4) is 0 Å². The number of benzene rings is 1. The van der Waals surface area contributed by atoms with Crippen molar-refractivity contribution >= 4 is 11.9 Å². The van der Waals surface area contributed by atoms with Gasteiger partial charge in [0.2, 0.25) is 0 Å². The molecule has 150 valence electrons. The van der Waals surface area contributed by atoms with E-state index in [0.717, 1.165) is 49.0 Å². The van der Waals surface area contributed by atoms with Crippen LogP contribution in [0.25, 0.3) is 0 Å². The molecule has 0 aliphatic heterocycles. The van der Waals surface area contributed by atoms with Crippen molar-refractivity contribution in [1.82, 2.24) is 0 Å². The number of aliphatic carboxylic acids is 1. The summed E-state index contributed by atoms with van der Waals surface area (Å²) in [5.41, 5.74) is 0.872. The van der Waals surface area contributed by atoms with E-state index in [1.54, 1.807) is 12.1 Å². The number of phenols is 1. The fourth-order valence-corrected chi connectivity index (χ4v) is 3.51. The molecule has 0 aliphatic carbocycles. The van der Waals surface area contributed by atoms with Crippen LogP contribution in [0.5, 0.6) is 11.5 Å². The van der Waals surface area contributed by atoms with Crippen LogP contribution in [0.15, 0.2) is 24.3 Å². The summed E-state index contributed by atoms with van der Waals surface area (Å²) >= 11 is 0. The van der Waals surface area contributed by atoms with Crippen LogP contribution in [-0.2, 0) is 20.4 Å². The number of ether oxygens (including phenoxy) is 1. The Balaban J connectivity index is 3.47. The fraction of sp³-hybridized carbons (Fsp3) is 0.545. The molecule has 0 aromatic heterocycles. The van der Waals surface area contributed by atoms with Gasteiger partial charge in [-0.3, -0.25) is 0 Å². The Hall–Kier alpha value is -2.30. The normalized spacial score (nSPS) is 12.4. The van der Waals surface area contributed by atoms with Gasteiger partial charge in [-0.1, -0.05) is 54.4 Å². The summed E-state index contributed by atoms with van der Waals surface area (Å²) in [5, 5.41) is 19.7. The van der Waals surface area contributed by atoms with E-state index >= 15 is 0 Å². The molecule has 27 heavy (non-hydrogen) atoms. The monoisotopic (exact) mass is 376 g/mol. The van der Waals surface area contributed by atoms with Crippen molar-refractivity contribution in [3.05, 3.63) is 35.4 Å². The summed E-state index contributed by atoms with van der Waals surface area (Å²) in [6, 6.07) is 3.37. The summed E-state index contributed by atoms with van der Waals surface area (Å²) < 4.78 is 5.35. The van der Waals surface area contributed by atoms with Gasteiger partial charge in [-0.2, -0.15) is 0 Å². The molecule has 0 atom stereocenters. The van der Waals surface area contributed by atoms with Gasteiger partial charge in [0.25, 0.3) is 0 Å². The number of aromatic hydroxyl groups is 1. The molecule has 2 N–H and O–H groups in total. The number of carboxylic acid groups (broad SMARTS) is 1. The number of rotatable bonds is 9. The third-order valence-corrected chi connectivity index (χ3v) is 4.87. The van der Waals surface area contributed by atoms with E-state index in [1.165, 1.54) is 0 Å². The molecule has 1 aromatic carbocycles. The van der Waals surface area contributed by atoms with Crippen LogP contribution in [0.2, 0.25) is 0 Å². The molecular weight excluding hydrogens is 344 g/mol. The first kappa shape index (κ1) is 22.7. The Morgan fingerprint density at radius 1 is 0.963 bits per heavy atom. The SMILES string of the molecule is CCCC(C)(C)c1cc(OC(=O)C=CC(=O)O)cc(C(C)(C)CCC)c1O. The lowest BCUT2D eigenvalue weighted by atomic mass is 9.74. The van der Waals surface area contributed by atoms with E-state index in [2.05, 4.69) is 41.5 Å². The van der Waals surface area contributed by atoms with Gasteiger partial charge in [0.1, 0.15) is 11.5 Å². The summed E-state index contributed by atoms with van der Waals surface area (Å²) in [4.78, 5) is 22.5. The maximum atomic E-state index is 11.9. The molecule has 0 saturated heterocycles. The molecule has 0 aliphatic rings. The van der Waals surface area contributed by atoms with Crippen molar-refractivity contribution in [2.24, 2.45) is 0 Å². The lowest BCUT2D eigenvalue weighted by Gasteiger charge is -2.32. The molecular formula is C22H32O5. The van der Waals surface area contributed by atoms with Gasteiger partial charge in [-0.25, -0.2) is 9.59 Å². The molecule has 0 spiro atoms. The molecule has 0 unspecified atom stereocenters. The van der Waals surface area contributed by atoms with Crippen LogP contribution in [0.1, 0.15) is 78.4 Å². The first-order chi connectivity index (χ1) is 12.4. The number of carbonyl (C=O) groups excluding carboxylic acids is 1. The van der Waals surface area contributed by atoms with Crippen molar-refractivity contribution in [2.45, 2.75) is 78.1 Å². The highest BCUT2D eigenvalue weighted by atomic mass is 16.5. The van der Waals surface area contributed by atoms with Crippen molar-refractivity contribution in [2.75, 3.05) is 0 Å². The first-order valence-corrected chi connectivity index (χ1v) is 9.45. The minimum absolute atomic E-state index is 0.243. The Morgan fingerprint density at radius 2 is 1.41 bits per heavy atom. The zero-order valence-electron chi connectivity index (χ0n) is 17.3. The lowest BCUT2D eigenvalue weighted by molar-refractivity contribution is -0.133. The third-order valence-electron chi connectivity index (χ3n) is 4.87. The highest BCUT2D eigenvalue weighted by Gasteiger charge is 2.31. The van der Waals surface area contributed by atoms with Crippen molar-refractivity contribution < 1.29 is 24.5 Å². The van der Waals surface area contributed by atoms with E-state index < -0.39 is 11.9 Å². The highest BCUT2D eigenvalue weighted by Crippen LogP contribution is 2.44. The fourth-order valence-electron chi connectivity index (χ4n) is 3.51. The molecule has 1 rings (SSSR count). The van der Waals surface area contributed by atoms with E-state index in [-0.39, 0.29) is 16.6 Å². The second-order valence-corrected chi connectivity index (χ2v) is 8.23. The standard InChI is InChI=1S/C22H32O5/c1-7-11-21(3,4)16-13-15(27-19(25)10-9-18(23)24)14-17(20(16)26)22(5,6)12-8-2/h9-10,13-14,26H,7-8,11-12H2,1-6H3,(H,23,24). The number of carbonyl (C=O) groups is 2. The van der Waals surface area contributed by atoms with Crippen molar-refractivity contribution in [3.8, 4) is 11.5 Å². The predicted octanol–water partition coefficient (Wildman–Crippen LogP) is 5.09. The average Bonchev–Trinajstić information content (AvgIpc) is 2.54. The zero-order chi connectivity index (χ0) is 20.8. The molecule has 0 radical (unpaired) electrons. The molecule has 1 aromatic rings. The Labute approximate surface area is 162 Å². The van der Waals surface area contributed by atoms with Gasteiger partial charge in [-0.15, -0.1) is 0 Å². The average molecular weight is 376 g/mol. The molecule has 0 amide bonds. The summed E-state index contributed by atoms with van der Waals surface area (Å²) in [6.45, 7) is 12.4. The zero-order valence-corrected chi connectivity index (χ0v) is 17.3. The molecule has 0 heterocycles. The van der Waals surface area contributed by atoms with Crippen molar-refractivity contribution in [1.29, 1.82) is 0 Å². The Kier molecular flexibility index (Phi) is 7.64. The van der Waals surface area contributed by atoms with Crippen LogP contribution in [-0.4, -0.2) is 22.2 Å². The van der Waals surface area contributed by atoms with Gasteiger partial charge in [-0.05, 0) is 35.8 Å². The summed E-state index contributed by atoms with van der Waals surface area (Å²) in [6.07, 6.45) is 5.25. The van der Waals surface area contributed by atoms with E-state index in [9.17, 15) is 14.7 Å². The third kappa shape index (κ3) is 6.12. The molecule has 5 nitrogen and oxygen atoms in total. The largest absolute Gasteiger partial charge is 0.507 e. The summed E-state index contributed by atoms with van der Waals surface area (Å²) in [7, 11) is 0. The van der Waals surface area contributed by atoms with Gasteiger partial charge in [0, 0.05) is 23.3 Å². The Bertz CT molecular complexity index is 674. The van der Waals surface area contributed by atoms with E-state index in [0.29, 0.717) is 5.75 Å². The predicted molar refractivity (Wildman–Crippen MR) is 106 cm³/mol. The van der Waals surface area contributed by atoms with Gasteiger partial charge < -0.3 is 14.9 Å². The Morgan fingerprint density at radius 3 is 1.78 bits per heavy atom. The maximum absolute atomic E-state index is 11.9. The minimum atomic E-state index is -1.22. The van der Waals surface area contributed by atoms with Crippen LogP contribution >= 0.6 is 0 Å². The molecule has 0 saturated carbocycles. The van der Waals surface area contributed by atoms with Gasteiger partial charge >= 0.3 is 11.9 Å². The number of hydrogen-bond acceptors (Lipinski definition) is 4. The van der Waals surface area contributed by atoms with Crippen LogP contribution < -0.4 is 4.74 Å². The highest BCUT2D eigenvalue weighted by molar-refractivity contribution is 5.91. The number of hydrogen-bond donors (Lipinski definition) is 2. The van der Waals surface area contributed by atoms with E-state index in [4.69, 9.17) is 9.84 Å². The van der Waals surface area contributed by atoms with Crippen molar-refractivity contribution in [3.63, 3.8) is 0 Å². The number of esters is 1. The molecule has 0 fully saturated rings. The first-order valence-electron chi connectivity index (χ1n) is 9.45. The molecule has 0 bridgehead atoms. The van der Waals surface area contributed by atoms with E-state index in [1.807, 2.05) is 0 Å². The minimum Gasteiger partial charge on any atom is -0.507 e. The van der Waals surface area contributed by atoms with Crippen LogP contribution in [0, 0.1) is 0 Å². The number of phenolic OH excluding ortho intramolecular Hbond substituents is 1. The number of carboxylic acids is 1. The molecule has 5 heteroatoms. The smallest absolute Gasteiger partial charge is 0.336 e. The van der Waals surface area contributed by atoms with Crippen LogP contribution in [0.4, 0.5) is 0 Å². The second kappa shape index (κ2) is 9.07. The lowest BCUT2D eigenvalue weighted by Crippen LogP contribution is -2.22.